The molecule has 0 saturated heterocycles. The molecule has 0 aromatic heterocycles. The largest absolute Gasteiger partial charge is 0.465 e. The molecule has 1 N–H and O–H groups in total. The molecule has 0 rings (SSSR count). The predicted molar refractivity (Wildman–Crippen MR) is 75.2 cm³/mol. The van der Waals surface area contributed by atoms with Crippen LogP contribution in [0.3, 0.4) is 0 Å². The second kappa shape index (κ2) is 8.51. The molecule has 0 radical (unpaired) electrons. The minimum absolute atomic E-state index is 0.210. The van der Waals surface area contributed by atoms with Gasteiger partial charge in [0.2, 0.25) is 0 Å². The number of methoxy groups -OCH3 is 1. The Hall–Kier alpha value is -0.650. The first-order chi connectivity index (χ1) is 8.81. The SMILES string of the molecule is CCNC(C)(COCCC(C)(C)OC)C(=O)OCC. The molecule has 0 aliphatic carbocycles. The summed E-state index contributed by atoms with van der Waals surface area (Å²) in [6.45, 7) is 11.4. The zero-order chi connectivity index (χ0) is 14.9. The molecule has 114 valence electrons. The Morgan fingerprint density at radius 1 is 1.21 bits per heavy atom. The lowest BCUT2D eigenvalue weighted by atomic mass is 10.0. The number of hydrogen-bond acceptors (Lipinski definition) is 5. The monoisotopic (exact) mass is 275 g/mol. The number of carbonyl (C=O) groups is 1. The third-order valence-electron chi connectivity index (χ3n) is 3.08. The molecule has 1 unspecified atom stereocenters. The smallest absolute Gasteiger partial charge is 0.328 e. The van der Waals surface area contributed by atoms with Crippen LogP contribution in [0.1, 0.15) is 41.0 Å². The fourth-order valence-corrected chi connectivity index (χ4v) is 1.56. The van der Waals surface area contributed by atoms with E-state index in [0.29, 0.717) is 26.4 Å². The maximum atomic E-state index is 11.9. The first-order valence-corrected chi connectivity index (χ1v) is 6.86. The molecule has 1 atom stereocenters. The summed E-state index contributed by atoms with van der Waals surface area (Å²) in [5, 5.41) is 3.12. The van der Waals surface area contributed by atoms with Crippen LogP contribution in [-0.4, -0.2) is 50.6 Å². The Kier molecular flexibility index (Phi) is 8.22. The quantitative estimate of drug-likeness (QED) is 0.486. The highest BCUT2D eigenvalue weighted by atomic mass is 16.5. The van der Waals surface area contributed by atoms with Crippen LogP contribution in [-0.2, 0) is 19.0 Å². The normalized spacial score (nSPS) is 15.1. The van der Waals surface area contributed by atoms with E-state index in [2.05, 4.69) is 5.32 Å². The van der Waals surface area contributed by atoms with E-state index in [9.17, 15) is 4.79 Å². The molecule has 5 nitrogen and oxygen atoms in total. The highest BCUT2D eigenvalue weighted by Crippen LogP contribution is 2.14. The summed E-state index contributed by atoms with van der Waals surface area (Å²) in [7, 11) is 1.68. The summed E-state index contributed by atoms with van der Waals surface area (Å²) in [6.07, 6.45) is 0.772. The van der Waals surface area contributed by atoms with Crippen molar-refractivity contribution in [1.29, 1.82) is 0 Å². The number of ether oxygens (including phenoxy) is 3. The molecule has 0 aromatic rings. The standard InChI is InChI=1S/C14H29NO4/c1-7-15-14(5,12(16)19-8-2)11-18-10-9-13(3,4)17-6/h15H,7-11H2,1-6H3. The lowest BCUT2D eigenvalue weighted by Crippen LogP contribution is -2.54. The van der Waals surface area contributed by atoms with Crippen molar-refractivity contribution in [1.82, 2.24) is 5.32 Å². The maximum absolute atomic E-state index is 11.9. The molecule has 0 heterocycles. The van der Waals surface area contributed by atoms with Gasteiger partial charge in [0, 0.05) is 13.7 Å². The zero-order valence-corrected chi connectivity index (χ0v) is 13.2. The van der Waals surface area contributed by atoms with Crippen LogP contribution in [0, 0.1) is 0 Å². The van der Waals surface area contributed by atoms with Gasteiger partial charge >= 0.3 is 5.97 Å². The second-order valence-corrected chi connectivity index (χ2v) is 5.35. The van der Waals surface area contributed by atoms with Crippen molar-refractivity contribution in [3.05, 3.63) is 0 Å². The van der Waals surface area contributed by atoms with Gasteiger partial charge < -0.3 is 19.5 Å². The van der Waals surface area contributed by atoms with Crippen molar-refractivity contribution in [3.63, 3.8) is 0 Å². The average Bonchev–Trinajstić information content (AvgIpc) is 2.35. The molecule has 0 bridgehead atoms. The number of nitrogens with one attached hydrogen (secondary N) is 1. The summed E-state index contributed by atoms with van der Waals surface area (Å²) >= 11 is 0. The Bertz CT molecular complexity index is 268. The van der Waals surface area contributed by atoms with E-state index in [0.717, 1.165) is 6.42 Å². The van der Waals surface area contributed by atoms with Crippen molar-refractivity contribution in [2.75, 3.05) is 33.5 Å². The molecule has 0 aromatic carbocycles. The van der Waals surface area contributed by atoms with Crippen LogP contribution in [0.15, 0.2) is 0 Å². The molecule has 5 heteroatoms. The summed E-state index contributed by atoms with van der Waals surface area (Å²) in [5.74, 6) is -0.275. The summed E-state index contributed by atoms with van der Waals surface area (Å²) < 4.78 is 16.0. The van der Waals surface area contributed by atoms with Gasteiger partial charge in [-0.2, -0.15) is 0 Å². The highest BCUT2D eigenvalue weighted by Gasteiger charge is 2.34. The fraction of sp³-hybridized carbons (Fsp3) is 0.929. The van der Waals surface area contributed by atoms with Crippen LogP contribution in [0.25, 0.3) is 0 Å². The molecule has 19 heavy (non-hydrogen) atoms. The van der Waals surface area contributed by atoms with E-state index < -0.39 is 5.54 Å². The second-order valence-electron chi connectivity index (χ2n) is 5.35. The highest BCUT2D eigenvalue weighted by molar-refractivity contribution is 5.80. The molecule has 0 fully saturated rings. The van der Waals surface area contributed by atoms with Gasteiger partial charge in [0.1, 0.15) is 5.54 Å². The third-order valence-corrected chi connectivity index (χ3v) is 3.08. The fourth-order valence-electron chi connectivity index (χ4n) is 1.56. The number of carbonyl (C=O) groups excluding carboxylic acids is 1. The van der Waals surface area contributed by atoms with Crippen LogP contribution in [0.5, 0.6) is 0 Å². The van der Waals surface area contributed by atoms with Crippen molar-refractivity contribution >= 4 is 5.97 Å². The zero-order valence-electron chi connectivity index (χ0n) is 13.2. The molecule has 0 amide bonds. The molecular weight excluding hydrogens is 246 g/mol. The minimum atomic E-state index is -0.790. The number of rotatable bonds is 10. The van der Waals surface area contributed by atoms with Crippen LogP contribution in [0.4, 0.5) is 0 Å². The van der Waals surface area contributed by atoms with Crippen LogP contribution >= 0.6 is 0 Å². The van der Waals surface area contributed by atoms with Gasteiger partial charge in [-0.3, -0.25) is 0 Å². The van der Waals surface area contributed by atoms with Gasteiger partial charge in [0.15, 0.2) is 0 Å². The number of likely N-dealkylation sites (N-methyl/N-ethyl adjacent to an activating group) is 1. The minimum Gasteiger partial charge on any atom is -0.465 e. The van der Waals surface area contributed by atoms with Gasteiger partial charge in [-0.05, 0) is 40.7 Å². The molecular formula is C14H29NO4. The van der Waals surface area contributed by atoms with Crippen molar-refractivity contribution in [3.8, 4) is 0 Å². The number of esters is 1. The van der Waals surface area contributed by atoms with Gasteiger partial charge in [-0.25, -0.2) is 4.79 Å². The Morgan fingerprint density at radius 2 is 1.84 bits per heavy atom. The van der Waals surface area contributed by atoms with E-state index >= 15 is 0 Å². The van der Waals surface area contributed by atoms with Crippen LogP contribution in [0.2, 0.25) is 0 Å². The maximum Gasteiger partial charge on any atom is 0.328 e. The molecule has 0 aliphatic heterocycles. The van der Waals surface area contributed by atoms with Crippen LogP contribution < -0.4 is 5.32 Å². The van der Waals surface area contributed by atoms with Crippen molar-refractivity contribution in [2.45, 2.75) is 52.2 Å². The summed E-state index contributed by atoms with van der Waals surface area (Å²) in [5.41, 5.74) is -1.000. The van der Waals surface area contributed by atoms with Crippen molar-refractivity contribution < 1.29 is 19.0 Å². The molecule has 0 aliphatic rings. The third kappa shape index (κ3) is 6.89. The molecule has 0 saturated carbocycles. The summed E-state index contributed by atoms with van der Waals surface area (Å²) in [6, 6.07) is 0. The van der Waals surface area contributed by atoms with Crippen molar-refractivity contribution in [2.24, 2.45) is 0 Å². The van der Waals surface area contributed by atoms with Gasteiger partial charge in [0.25, 0.3) is 0 Å². The van der Waals surface area contributed by atoms with Gasteiger partial charge in [-0.1, -0.05) is 6.92 Å². The first-order valence-electron chi connectivity index (χ1n) is 6.86. The average molecular weight is 275 g/mol. The van der Waals surface area contributed by atoms with E-state index in [4.69, 9.17) is 14.2 Å². The Morgan fingerprint density at radius 3 is 2.32 bits per heavy atom. The van der Waals surface area contributed by atoms with Gasteiger partial charge in [0.05, 0.1) is 18.8 Å². The molecule has 0 spiro atoms. The van der Waals surface area contributed by atoms with E-state index in [1.165, 1.54) is 0 Å². The first kappa shape index (κ1) is 18.4. The Balaban J connectivity index is 4.25. The lowest BCUT2D eigenvalue weighted by molar-refractivity contribution is -0.153. The van der Waals surface area contributed by atoms with Gasteiger partial charge in [-0.15, -0.1) is 0 Å². The van der Waals surface area contributed by atoms with E-state index in [1.54, 1.807) is 21.0 Å². The topological polar surface area (TPSA) is 56.8 Å². The predicted octanol–water partition coefficient (Wildman–Crippen LogP) is 1.75. The van der Waals surface area contributed by atoms with E-state index in [1.807, 2.05) is 20.8 Å². The lowest BCUT2D eigenvalue weighted by Gasteiger charge is -2.29. The Labute approximate surface area is 117 Å². The van der Waals surface area contributed by atoms with E-state index in [-0.39, 0.29) is 11.6 Å². The number of hydrogen-bond donors (Lipinski definition) is 1. The summed E-state index contributed by atoms with van der Waals surface area (Å²) in [4.78, 5) is 11.9.